The maximum atomic E-state index is 5.17. The van der Waals surface area contributed by atoms with E-state index in [9.17, 15) is 0 Å². The molecule has 1 heterocycles. The van der Waals surface area contributed by atoms with E-state index in [0.717, 1.165) is 26.2 Å². The maximum Gasteiger partial charge on any atom is 0.0620 e. The van der Waals surface area contributed by atoms with Crippen molar-refractivity contribution in [3.05, 3.63) is 6.92 Å². The van der Waals surface area contributed by atoms with E-state index in [-0.39, 0.29) is 0 Å². The van der Waals surface area contributed by atoms with Gasteiger partial charge in [0.25, 0.3) is 0 Å². The molecule has 1 rings (SSSR count). The van der Waals surface area contributed by atoms with Gasteiger partial charge in [-0.05, 0) is 6.42 Å². The zero-order chi connectivity index (χ0) is 5.82. The van der Waals surface area contributed by atoms with E-state index in [1.54, 1.807) is 0 Å². The molecule has 1 aliphatic heterocycles. The van der Waals surface area contributed by atoms with Crippen LogP contribution in [0.5, 0.6) is 0 Å². The Kier molecular flexibility index (Phi) is 2.30. The van der Waals surface area contributed by atoms with Gasteiger partial charge < -0.3 is 10.1 Å². The number of rotatable bonds is 1. The van der Waals surface area contributed by atoms with E-state index in [2.05, 4.69) is 12.2 Å². The predicted molar refractivity (Wildman–Crippen MR) is 32.6 cm³/mol. The van der Waals surface area contributed by atoms with Crippen molar-refractivity contribution in [3.8, 4) is 0 Å². The highest BCUT2D eigenvalue weighted by atomic mass is 16.5. The molecule has 1 N–H and O–H groups in total. The van der Waals surface area contributed by atoms with Crippen LogP contribution < -0.4 is 5.32 Å². The molecular weight excluding hydrogens is 102 g/mol. The van der Waals surface area contributed by atoms with Crippen molar-refractivity contribution in [2.75, 3.05) is 19.8 Å². The molecule has 47 valence electrons. The normalized spacial score (nSPS) is 30.4. The summed E-state index contributed by atoms with van der Waals surface area (Å²) in [6.07, 6.45) is 0.931. The Morgan fingerprint density at radius 3 is 3.00 bits per heavy atom. The van der Waals surface area contributed by atoms with Gasteiger partial charge in [-0.3, -0.25) is 0 Å². The Bertz CT molecular complexity index is 59.5. The monoisotopic (exact) mass is 114 g/mol. The lowest BCUT2D eigenvalue weighted by Gasteiger charge is -2.21. The molecule has 1 atom stereocenters. The summed E-state index contributed by atoms with van der Waals surface area (Å²) in [6, 6.07) is 0.503. The van der Waals surface area contributed by atoms with Gasteiger partial charge in [0.05, 0.1) is 13.2 Å². The van der Waals surface area contributed by atoms with Gasteiger partial charge in [0.2, 0.25) is 0 Å². The Balaban J connectivity index is 2.13. The molecule has 1 fully saturated rings. The standard InChI is InChI=1S/C6H12NO/c1-2-6-5-8-4-3-7-6/h6-7H,1-5H2/t6-/m1/s1. The van der Waals surface area contributed by atoms with Gasteiger partial charge in [0.15, 0.2) is 0 Å². The van der Waals surface area contributed by atoms with Crippen LogP contribution in [-0.4, -0.2) is 25.8 Å². The molecular formula is C6H12NO. The Labute approximate surface area is 50.2 Å². The molecule has 2 heteroatoms. The minimum atomic E-state index is 0.503. The summed E-state index contributed by atoms with van der Waals surface area (Å²) >= 11 is 0. The van der Waals surface area contributed by atoms with Crippen molar-refractivity contribution in [3.63, 3.8) is 0 Å². The predicted octanol–water partition coefficient (Wildman–Crippen LogP) is 0.199. The van der Waals surface area contributed by atoms with Gasteiger partial charge in [-0.2, -0.15) is 0 Å². The van der Waals surface area contributed by atoms with Gasteiger partial charge in [-0.15, -0.1) is 0 Å². The largest absolute Gasteiger partial charge is 0.379 e. The fraction of sp³-hybridized carbons (Fsp3) is 0.833. The second kappa shape index (κ2) is 3.05. The second-order valence-electron chi connectivity index (χ2n) is 2.01. The van der Waals surface area contributed by atoms with E-state index < -0.39 is 0 Å². The number of hydrogen-bond donors (Lipinski definition) is 1. The number of nitrogens with one attached hydrogen (secondary N) is 1. The summed E-state index contributed by atoms with van der Waals surface area (Å²) in [4.78, 5) is 0. The van der Waals surface area contributed by atoms with Crippen LogP contribution in [0.3, 0.4) is 0 Å². The minimum Gasteiger partial charge on any atom is -0.379 e. The first kappa shape index (κ1) is 6.05. The van der Waals surface area contributed by atoms with E-state index >= 15 is 0 Å². The third-order valence-electron chi connectivity index (χ3n) is 1.35. The van der Waals surface area contributed by atoms with Crippen molar-refractivity contribution >= 4 is 0 Å². The van der Waals surface area contributed by atoms with Crippen LogP contribution in [-0.2, 0) is 4.74 Å². The summed E-state index contributed by atoms with van der Waals surface area (Å²) in [5.74, 6) is 0. The lowest BCUT2D eigenvalue weighted by Crippen LogP contribution is -2.40. The minimum absolute atomic E-state index is 0.503. The zero-order valence-corrected chi connectivity index (χ0v) is 5.02. The first-order chi connectivity index (χ1) is 3.93. The Morgan fingerprint density at radius 2 is 2.62 bits per heavy atom. The number of morpholine rings is 1. The summed E-state index contributed by atoms with van der Waals surface area (Å²) in [6.45, 7) is 6.45. The highest BCUT2D eigenvalue weighted by Gasteiger charge is 2.08. The van der Waals surface area contributed by atoms with Crippen molar-refractivity contribution in [2.24, 2.45) is 0 Å². The lowest BCUT2D eigenvalue weighted by atomic mass is 10.2. The molecule has 1 radical (unpaired) electrons. The van der Waals surface area contributed by atoms with Gasteiger partial charge in [0.1, 0.15) is 0 Å². The SMILES string of the molecule is [CH2]C[C@@H]1COCCN1. The number of hydrogen-bond acceptors (Lipinski definition) is 2. The molecule has 0 saturated carbocycles. The molecule has 1 aliphatic rings. The molecule has 0 aromatic heterocycles. The molecule has 1 saturated heterocycles. The summed E-state index contributed by atoms with van der Waals surface area (Å²) in [5, 5.41) is 3.28. The quantitative estimate of drug-likeness (QED) is 0.525. The average Bonchev–Trinajstić information content (AvgIpc) is 1.90. The molecule has 0 aliphatic carbocycles. The van der Waals surface area contributed by atoms with Crippen LogP contribution in [0.4, 0.5) is 0 Å². The molecule has 2 nitrogen and oxygen atoms in total. The molecule has 0 spiro atoms. The zero-order valence-electron chi connectivity index (χ0n) is 5.02. The molecule has 0 aromatic carbocycles. The van der Waals surface area contributed by atoms with E-state index in [4.69, 9.17) is 4.74 Å². The maximum absolute atomic E-state index is 5.17. The van der Waals surface area contributed by atoms with Crippen LogP contribution >= 0.6 is 0 Å². The number of ether oxygens (including phenoxy) is 1. The smallest absolute Gasteiger partial charge is 0.0620 e. The van der Waals surface area contributed by atoms with Gasteiger partial charge in [-0.1, -0.05) is 6.92 Å². The molecule has 0 unspecified atom stereocenters. The third kappa shape index (κ3) is 1.46. The summed E-state index contributed by atoms with van der Waals surface area (Å²) < 4.78 is 5.17. The molecule has 0 bridgehead atoms. The summed E-state index contributed by atoms with van der Waals surface area (Å²) in [5.41, 5.74) is 0. The van der Waals surface area contributed by atoms with Gasteiger partial charge >= 0.3 is 0 Å². The van der Waals surface area contributed by atoms with Crippen LogP contribution in [0.1, 0.15) is 6.42 Å². The fourth-order valence-electron chi connectivity index (χ4n) is 0.805. The van der Waals surface area contributed by atoms with Crippen LogP contribution in [0.15, 0.2) is 0 Å². The van der Waals surface area contributed by atoms with Crippen LogP contribution in [0, 0.1) is 6.92 Å². The lowest BCUT2D eigenvalue weighted by molar-refractivity contribution is 0.0776. The average molecular weight is 114 g/mol. The van der Waals surface area contributed by atoms with Crippen molar-refractivity contribution in [1.29, 1.82) is 0 Å². The second-order valence-corrected chi connectivity index (χ2v) is 2.01. The van der Waals surface area contributed by atoms with Gasteiger partial charge in [-0.25, -0.2) is 0 Å². The van der Waals surface area contributed by atoms with Gasteiger partial charge in [0, 0.05) is 12.6 Å². The third-order valence-corrected chi connectivity index (χ3v) is 1.35. The molecule has 0 aromatic rings. The first-order valence-corrected chi connectivity index (χ1v) is 3.04. The van der Waals surface area contributed by atoms with Crippen LogP contribution in [0.25, 0.3) is 0 Å². The topological polar surface area (TPSA) is 21.3 Å². The van der Waals surface area contributed by atoms with Crippen molar-refractivity contribution in [2.45, 2.75) is 12.5 Å². The van der Waals surface area contributed by atoms with E-state index in [1.165, 1.54) is 0 Å². The fourth-order valence-corrected chi connectivity index (χ4v) is 0.805. The van der Waals surface area contributed by atoms with Crippen LogP contribution in [0.2, 0.25) is 0 Å². The van der Waals surface area contributed by atoms with Crippen molar-refractivity contribution in [1.82, 2.24) is 5.32 Å². The Hall–Kier alpha value is -0.0800. The molecule has 8 heavy (non-hydrogen) atoms. The van der Waals surface area contributed by atoms with Crippen molar-refractivity contribution < 1.29 is 4.74 Å². The van der Waals surface area contributed by atoms with E-state index in [1.807, 2.05) is 0 Å². The molecule has 0 amide bonds. The highest BCUT2D eigenvalue weighted by Crippen LogP contribution is 1.95. The highest BCUT2D eigenvalue weighted by molar-refractivity contribution is 4.69. The van der Waals surface area contributed by atoms with E-state index in [0.29, 0.717) is 6.04 Å². The first-order valence-electron chi connectivity index (χ1n) is 3.04. The summed E-state index contributed by atoms with van der Waals surface area (Å²) in [7, 11) is 0. The Morgan fingerprint density at radius 1 is 1.75 bits per heavy atom.